The van der Waals surface area contributed by atoms with Crippen molar-refractivity contribution in [2.45, 2.75) is 44.8 Å². The summed E-state index contributed by atoms with van der Waals surface area (Å²) in [6.07, 6.45) is 0. The van der Waals surface area contributed by atoms with Crippen molar-refractivity contribution in [3.05, 3.63) is 29.8 Å². The van der Waals surface area contributed by atoms with Gasteiger partial charge in [0.1, 0.15) is 0 Å². The van der Waals surface area contributed by atoms with Crippen molar-refractivity contribution in [3.63, 3.8) is 0 Å². The van der Waals surface area contributed by atoms with Crippen LogP contribution in [0.4, 0.5) is 0 Å². The minimum atomic E-state index is -1.15. The van der Waals surface area contributed by atoms with E-state index in [2.05, 4.69) is 74.4 Å². The summed E-state index contributed by atoms with van der Waals surface area (Å²) in [6.45, 7) is 15.5. The molecule has 0 saturated carbocycles. The van der Waals surface area contributed by atoms with Gasteiger partial charge in [-0.05, 0) is 19.4 Å². The summed E-state index contributed by atoms with van der Waals surface area (Å²) in [7, 11) is -1.15. The van der Waals surface area contributed by atoms with E-state index < -0.39 is 8.07 Å². The van der Waals surface area contributed by atoms with Crippen molar-refractivity contribution in [2.24, 2.45) is 0 Å². The third kappa shape index (κ3) is 4.37. The molecule has 1 nitrogen and oxygen atoms in total. The van der Waals surface area contributed by atoms with Crippen molar-refractivity contribution < 1.29 is 0 Å². The highest BCUT2D eigenvalue weighted by Gasteiger charge is 2.26. The molecule has 1 fully saturated rings. The molecule has 0 bridgehead atoms. The minimum absolute atomic E-state index is 0.413. The van der Waals surface area contributed by atoms with E-state index in [9.17, 15) is 0 Å². The number of nitrogens with zero attached hydrogens (tertiary/aromatic N) is 1. The zero-order valence-electron chi connectivity index (χ0n) is 13.0. The Balaban J connectivity index is 2.00. The standard InChI is InChI=1S/C16H27NSSi/c1-16(2)13-17(10-11-18-16)12-14-6-8-15(9-7-14)19(3,4)5/h6-9H,10-13H2,1-5H3. The molecule has 1 saturated heterocycles. The van der Waals surface area contributed by atoms with E-state index in [0.717, 1.165) is 6.54 Å². The van der Waals surface area contributed by atoms with Crippen molar-refractivity contribution in [3.8, 4) is 0 Å². The lowest BCUT2D eigenvalue weighted by molar-refractivity contribution is 0.252. The van der Waals surface area contributed by atoms with Crippen LogP contribution in [0.5, 0.6) is 0 Å². The first-order valence-electron chi connectivity index (χ1n) is 7.22. The van der Waals surface area contributed by atoms with Crippen LogP contribution in [0.15, 0.2) is 24.3 Å². The summed E-state index contributed by atoms with van der Waals surface area (Å²) in [5.74, 6) is 1.26. The lowest BCUT2D eigenvalue weighted by Crippen LogP contribution is -2.42. The molecule has 2 rings (SSSR count). The van der Waals surface area contributed by atoms with E-state index in [1.807, 2.05) is 0 Å². The second-order valence-electron chi connectivity index (χ2n) is 7.27. The zero-order chi connectivity index (χ0) is 14.1. The molecule has 0 aromatic heterocycles. The van der Waals surface area contributed by atoms with Gasteiger partial charge in [-0.2, -0.15) is 11.8 Å². The van der Waals surface area contributed by atoms with Crippen molar-refractivity contribution >= 4 is 25.0 Å². The van der Waals surface area contributed by atoms with Crippen LogP contribution in [-0.2, 0) is 6.54 Å². The molecule has 0 amide bonds. The van der Waals surface area contributed by atoms with Crippen LogP contribution in [0.3, 0.4) is 0 Å². The molecule has 1 aliphatic heterocycles. The molecule has 0 aliphatic carbocycles. The Labute approximate surface area is 123 Å². The maximum Gasteiger partial charge on any atom is 0.0775 e. The summed E-state index contributed by atoms with van der Waals surface area (Å²) < 4.78 is 0.413. The molecule has 0 unspecified atom stereocenters. The number of hydrogen-bond donors (Lipinski definition) is 0. The topological polar surface area (TPSA) is 3.24 Å². The third-order valence-corrected chi connectivity index (χ3v) is 7.09. The zero-order valence-corrected chi connectivity index (χ0v) is 14.8. The van der Waals surface area contributed by atoms with Crippen LogP contribution >= 0.6 is 11.8 Å². The number of rotatable bonds is 3. The summed E-state index contributed by atoms with van der Waals surface area (Å²) >= 11 is 2.10. The first kappa shape index (κ1) is 15.1. The van der Waals surface area contributed by atoms with Gasteiger partial charge in [-0.15, -0.1) is 0 Å². The SMILES string of the molecule is CC1(C)CN(Cc2ccc([Si](C)(C)C)cc2)CCS1. The molecular weight excluding hydrogens is 266 g/mol. The van der Waals surface area contributed by atoms with Gasteiger partial charge in [0.05, 0.1) is 8.07 Å². The van der Waals surface area contributed by atoms with E-state index in [-0.39, 0.29) is 0 Å². The highest BCUT2D eigenvalue weighted by Crippen LogP contribution is 2.30. The summed E-state index contributed by atoms with van der Waals surface area (Å²) in [6, 6.07) is 9.38. The Bertz CT molecular complexity index is 419. The van der Waals surface area contributed by atoms with Gasteiger partial charge in [0, 0.05) is 30.1 Å². The lowest BCUT2D eigenvalue weighted by Gasteiger charge is -2.37. The Morgan fingerprint density at radius 2 is 1.79 bits per heavy atom. The fourth-order valence-corrected chi connectivity index (χ4v) is 4.96. The lowest BCUT2D eigenvalue weighted by atomic mass is 10.1. The average molecular weight is 294 g/mol. The monoisotopic (exact) mass is 293 g/mol. The maximum atomic E-state index is 2.60. The smallest absolute Gasteiger partial charge is 0.0775 e. The van der Waals surface area contributed by atoms with Gasteiger partial charge in [-0.1, -0.05) is 49.1 Å². The molecule has 106 valence electrons. The fraction of sp³-hybridized carbons (Fsp3) is 0.625. The maximum absolute atomic E-state index is 2.60. The van der Waals surface area contributed by atoms with Gasteiger partial charge in [-0.3, -0.25) is 4.90 Å². The van der Waals surface area contributed by atoms with E-state index in [1.54, 1.807) is 5.19 Å². The molecule has 1 aliphatic rings. The molecule has 19 heavy (non-hydrogen) atoms. The molecular formula is C16H27NSSi. The number of thioether (sulfide) groups is 1. The molecule has 3 heteroatoms. The van der Waals surface area contributed by atoms with E-state index >= 15 is 0 Å². The highest BCUT2D eigenvalue weighted by atomic mass is 32.2. The average Bonchev–Trinajstić information content (AvgIpc) is 2.27. The quantitative estimate of drug-likeness (QED) is 0.784. The van der Waals surface area contributed by atoms with Gasteiger partial charge >= 0.3 is 0 Å². The van der Waals surface area contributed by atoms with Crippen LogP contribution in [-0.4, -0.2) is 36.6 Å². The second kappa shape index (κ2) is 5.62. The molecule has 0 spiro atoms. The first-order valence-corrected chi connectivity index (χ1v) is 11.7. The molecule has 0 radical (unpaired) electrons. The molecule has 1 heterocycles. The van der Waals surface area contributed by atoms with Crippen LogP contribution in [0.25, 0.3) is 0 Å². The van der Waals surface area contributed by atoms with Gasteiger partial charge in [0.2, 0.25) is 0 Å². The molecule has 0 N–H and O–H groups in total. The molecule has 1 aromatic carbocycles. The van der Waals surface area contributed by atoms with Crippen LogP contribution in [0.2, 0.25) is 19.6 Å². The summed E-state index contributed by atoms with van der Waals surface area (Å²) in [5, 5.41) is 1.56. The highest BCUT2D eigenvalue weighted by molar-refractivity contribution is 8.00. The van der Waals surface area contributed by atoms with Crippen molar-refractivity contribution in [1.82, 2.24) is 4.90 Å². The largest absolute Gasteiger partial charge is 0.297 e. The van der Waals surface area contributed by atoms with E-state index in [4.69, 9.17) is 0 Å². The van der Waals surface area contributed by atoms with E-state index in [0.29, 0.717) is 4.75 Å². The summed E-state index contributed by atoms with van der Waals surface area (Å²) in [5.41, 5.74) is 1.46. The predicted molar refractivity (Wildman–Crippen MR) is 91.2 cm³/mol. The van der Waals surface area contributed by atoms with Gasteiger partial charge in [0.15, 0.2) is 0 Å². The second-order valence-corrected chi connectivity index (χ2v) is 14.1. The summed E-state index contributed by atoms with van der Waals surface area (Å²) in [4.78, 5) is 2.60. The van der Waals surface area contributed by atoms with Crippen molar-refractivity contribution in [1.29, 1.82) is 0 Å². The minimum Gasteiger partial charge on any atom is -0.297 e. The third-order valence-electron chi connectivity index (χ3n) is 3.73. The Hall–Kier alpha value is -0.253. The number of hydrogen-bond acceptors (Lipinski definition) is 2. The van der Waals surface area contributed by atoms with Crippen LogP contribution in [0.1, 0.15) is 19.4 Å². The normalized spacial score (nSPS) is 20.5. The predicted octanol–water partition coefficient (Wildman–Crippen LogP) is 3.56. The van der Waals surface area contributed by atoms with Crippen molar-refractivity contribution in [2.75, 3.05) is 18.8 Å². The van der Waals surface area contributed by atoms with Crippen LogP contribution in [0, 0.1) is 0 Å². The van der Waals surface area contributed by atoms with Gasteiger partial charge in [0.25, 0.3) is 0 Å². The van der Waals surface area contributed by atoms with Gasteiger partial charge in [-0.25, -0.2) is 0 Å². The Morgan fingerprint density at radius 1 is 1.16 bits per heavy atom. The van der Waals surface area contributed by atoms with Crippen LogP contribution < -0.4 is 5.19 Å². The Kier molecular flexibility index (Phi) is 4.48. The molecule has 0 atom stereocenters. The number of benzene rings is 1. The molecule has 1 aromatic rings. The van der Waals surface area contributed by atoms with E-state index in [1.165, 1.54) is 24.4 Å². The fourth-order valence-electron chi connectivity index (χ4n) is 2.62. The van der Waals surface area contributed by atoms with Gasteiger partial charge < -0.3 is 0 Å². The Morgan fingerprint density at radius 3 is 2.32 bits per heavy atom. The first-order chi connectivity index (χ1) is 8.76.